The maximum absolute atomic E-state index is 12.7. The Morgan fingerprint density at radius 1 is 1.42 bits per heavy atom. The van der Waals surface area contributed by atoms with Crippen molar-refractivity contribution in [2.75, 3.05) is 6.61 Å². The molecule has 26 heavy (non-hydrogen) atoms. The summed E-state index contributed by atoms with van der Waals surface area (Å²) in [5, 5.41) is 17.6. The van der Waals surface area contributed by atoms with Crippen LogP contribution in [0.5, 0.6) is 0 Å². The van der Waals surface area contributed by atoms with Gasteiger partial charge < -0.3 is 9.05 Å². The Hall–Kier alpha value is -1.74. The van der Waals surface area contributed by atoms with Crippen LogP contribution < -0.4 is 5.09 Å². The molecule has 1 saturated carbocycles. The van der Waals surface area contributed by atoms with E-state index in [0.717, 1.165) is 29.8 Å². The molecular weight excluding hydrogens is 379 g/mol. The van der Waals surface area contributed by atoms with E-state index in [-0.39, 0.29) is 17.5 Å². The van der Waals surface area contributed by atoms with Crippen molar-refractivity contribution < 1.29 is 18.5 Å². The van der Waals surface area contributed by atoms with Crippen LogP contribution in [0.3, 0.4) is 0 Å². The first-order valence-electron chi connectivity index (χ1n) is 8.19. The van der Waals surface area contributed by atoms with Gasteiger partial charge in [0.1, 0.15) is 0 Å². The number of non-ortho nitro benzene ring substituents is 1. The molecule has 3 rings (SSSR count). The van der Waals surface area contributed by atoms with Crippen LogP contribution in [-0.2, 0) is 21.3 Å². The number of hydrogen-bond acceptors (Lipinski definition) is 8. The van der Waals surface area contributed by atoms with Crippen molar-refractivity contribution in [3.8, 4) is 0 Å². The molecule has 1 N–H and O–H groups in total. The van der Waals surface area contributed by atoms with Crippen molar-refractivity contribution in [2.45, 2.75) is 38.0 Å². The molecule has 11 heteroatoms. The second-order valence-corrected chi connectivity index (χ2v) is 10.1. The molecule has 1 aliphatic rings. The summed E-state index contributed by atoms with van der Waals surface area (Å²) >= 11 is 1.15. The third-order valence-electron chi connectivity index (χ3n) is 3.59. The van der Waals surface area contributed by atoms with Crippen LogP contribution in [0.15, 0.2) is 28.8 Å². The molecule has 0 saturated heterocycles. The molecular formula is C15H19N4O5PS. The predicted octanol–water partition coefficient (Wildman–Crippen LogP) is 3.70. The summed E-state index contributed by atoms with van der Waals surface area (Å²) in [6.07, 6.45) is 2.42. The minimum absolute atomic E-state index is 0.0359. The molecule has 1 aliphatic carbocycles. The molecule has 2 aromatic rings. The van der Waals surface area contributed by atoms with Crippen molar-refractivity contribution >= 4 is 23.8 Å². The van der Waals surface area contributed by atoms with E-state index in [1.807, 2.05) is 0 Å². The molecule has 1 atom stereocenters. The summed E-state index contributed by atoms with van der Waals surface area (Å²) in [7, 11) is 0. The molecule has 0 radical (unpaired) electrons. The minimum Gasteiger partial charge on any atom is -0.338 e. The molecule has 1 fully saturated rings. The zero-order chi connectivity index (χ0) is 18.6. The molecule has 9 nitrogen and oxygen atoms in total. The van der Waals surface area contributed by atoms with Crippen LogP contribution in [0.2, 0.25) is 0 Å². The Morgan fingerprint density at radius 3 is 2.77 bits per heavy atom. The first-order chi connectivity index (χ1) is 12.5. The van der Waals surface area contributed by atoms with Crippen LogP contribution in [-0.4, -0.2) is 27.7 Å². The highest BCUT2D eigenvalue weighted by molar-refractivity contribution is 8.55. The summed E-state index contributed by atoms with van der Waals surface area (Å²) in [5.41, 5.74) is 0.875. The standard InChI is InChI=1S/C15H19N4O5PS/c1-2-23-25(22,18-12-5-6-12)26-10-15-16-14(17-24-15)9-11-3-7-13(8-4-11)19(20)21/h3-4,7-8,12H,2,5-6,9-10H2,1H3,(H,18,22). The van der Waals surface area contributed by atoms with E-state index < -0.39 is 11.6 Å². The number of nitro benzene ring substituents is 1. The van der Waals surface area contributed by atoms with Gasteiger partial charge in [-0.3, -0.25) is 14.7 Å². The van der Waals surface area contributed by atoms with Gasteiger partial charge in [-0.1, -0.05) is 17.3 Å². The Labute approximate surface area is 154 Å². The lowest BCUT2D eigenvalue weighted by Gasteiger charge is -2.16. The SMILES string of the molecule is CCOP(=O)(NC1CC1)SCc1nc(Cc2ccc([N+](=O)[O-])cc2)no1. The van der Waals surface area contributed by atoms with Crippen molar-refractivity contribution in [2.24, 2.45) is 0 Å². The van der Waals surface area contributed by atoms with Gasteiger partial charge in [0, 0.05) is 24.6 Å². The maximum atomic E-state index is 12.7. The van der Waals surface area contributed by atoms with Crippen molar-refractivity contribution in [1.29, 1.82) is 0 Å². The van der Waals surface area contributed by atoms with E-state index in [2.05, 4.69) is 15.2 Å². The Morgan fingerprint density at radius 2 is 2.15 bits per heavy atom. The highest BCUT2D eigenvalue weighted by Gasteiger charge is 2.33. The van der Waals surface area contributed by atoms with Gasteiger partial charge in [-0.05, 0) is 36.7 Å². The highest BCUT2D eigenvalue weighted by Crippen LogP contribution is 2.58. The fraction of sp³-hybridized carbons (Fsp3) is 0.467. The van der Waals surface area contributed by atoms with Gasteiger partial charge >= 0.3 is 6.72 Å². The zero-order valence-electron chi connectivity index (χ0n) is 14.2. The van der Waals surface area contributed by atoms with E-state index >= 15 is 0 Å². The molecule has 140 valence electrons. The topological polar surface area (TPSA) is 120 Å². The van der Waals surface area contributed by atoms with Crippen LogP contribution in [0.25, 0.3) is 0 Å². The number of nitrogens with one attached hydrogen (secondary N) is 1. The lowest BCUT2D eigenvalue weighted by Crippen LogP contribution is -2.13. The lowest BCUT2D eigenvalue weighted by molar-refractivity contribution is -0.384. The number of hydrogen-bond donors (Lipinski definition) is 1. The molecule has 0 spiro atoms. The van der Waals surface area contributed by atoms with Crippen LogP contribution >= 0.6 is 18.1 Å². The van der Waals surface area contributed by atoms with Crippen molar-refractivity contribution in [3.05, 3.63) is 51.7 Å². The summed E-state index contributed by atoms with van der Waals surface area (Å²) in [6, 6.07) is 6.46. The summed E-state index contributed by atoms with van der Waals surface area (Å²) in [5.74, 6) is 1.12. The molecule has 0 amide bonds. The smallest absolute Gasteiger partial charge is 0.327 e. The Balaban J connectivity index is 1.56. The normalized spacial score (nSPS) is 16.3. The molecule has 1 aromatic carbocycles. The second-order valence-electron chi connectivity index (χ2n) is 5.80. The molecule has 0 aliphatic heterocycles. The molecule has 1 aromatic heterocycles. The highest BCUT2D eigenvalue weighted by atomic mass is 32.7. The Bertz CT molecular complexity index is 809. The van der Waals surface area contributed by atoms with Crippen LogP contribution in [0.1, 0.15) is 37.0 Å². The minimum atomic E-state index is -2.98. The zero-order valence-corrected chi connectivity index (χ0v) is 15.9. The van der Waals surface area contributed by atoms with Gasteiger partial charge in [0.05, 0.1) is 17.3 Å². The predicted molar refractivity (Wildman–Crippen MR) is 96.9 cm³/mol. The molecule has 1 heterocycles. The molecule has 0 bridgehead atoms. The largest absolute Gasteiger partial charge is 0.338 e. The second kappa shape index (κ2) is 8.30. The number of benzene rings is 1. The maximum Gasteiger partial charge on any atom is 0.327 e. The first kappa shape index (κ1) is 19.0. The van der Waals surface area contributed by atoms with Gasteiger partial charge in [-0.15, -0.1) is 0 Å². The van der Waals surface area contributed by atoms with Crippen molar-refractivity contribution in [1.82, 2.24) is 15.2 Å². The third kappa shape index (κ3) is 5.38. The summed E-state index contributed by atoms with van der Waals surface area (Å²) < 4.78 is 23.3. The van der Waals surface area contributed by atoms with Gasteiger partial charge in [0.2, 0.25) is 5.89 Å². The average molecular weight is 398 g/mol. The number of rotatable bonds is 10. The van der Waals surface area contributed by atoms with E-state index in [4.69, 9.17) is 9.05 Å². The van der Waals surface area contributed by atoms with E-state index in [1.165, 1.54) is 12.1 Å². The van der Waals surface area contributed by atoms with Gasteiger partial charge in [-0.25, -0.2) is 5.09 Å². The quantitative estimate of drug-likeness (QED) is 0.363. The van der Waals surface area contributed by atoms with E-state index in [0.29, 0.717) is 24.7 Å². The van der Waals surface area contributed by atoms with E-state index in [9.17, 15) is 14.7 Å². The van der Waals surface area contributed by atoms with Crippen LogP contribution in [0, 0.1) is 10.1 Å². The number of nitro groups is 1. The van der Waals surface area contributed by atoms with Crippen molar-refractivity contribution in [3.63, 3.8) is 0 Å². The number of nitrogens with zero attached hydrogens (tertiary/aromatic N) is 3. The average Bonchev–Trinajstić information content (AvgIpc) is 3.30. The third-order valence-corrected chi connectivity index (χ3v) is 7.63. The fourth-order valence-corrected chi connectivity index (χ4v) is 5.92. The Kier molecular flexibility index (Phi) is 6.08. The summed E-state index contributed by atoms with van der Waals surface area (Å²) in [6.45, 7) is -0.813. The van der Waals surface area contributed by atoms with E-state index in [1.54, 1.807) is 19.1 Å². The van der Waals surface area contributed by atoms with Crippen LogP contribution in [0.4, 0.5) is 5.69 Å². The van der Waals surface area contributed by atoms with Gasteiger partial charge in [-0.2, -0.15) is 4.98 Å². The first-order valence-corrected chi connectivity index (χ1v) is 11.4. The summed E-state index contributed by atoms with van der Waals surface area (Å²) in [4.78, 5) is 14.5. The fourth-order valence-electron chi connectivity index (χ4n) is 2.20. The van der Waals surface area contributed by atoms with Gasteiger partial charge in [0.25, 0.3) is 5.69 Å². The monoisotopic (exact) mass is 398 g/mol. The lowest BCUT2D eigenvalue weighted by atomic mass is 10.1. The van der Waals surface area contributed by atoms with Gasteiger partial charge in [0.15, 0.2) is 5.82 Å². The molecule has 1 unspecified atom stereocenters. The number of aromatic nitrogens is 2.